The van der Waals surface area contributed by atoms with Crippen LogP contribution >= 0.6 is 28.1 Å². The molecule has 0 unspecified atom stereocenters. The largest absolute Gasteiger partial charge is 0.255 e. The maximum absolute atomic E-state index is 5.09. The van der Waals surface area contributed by atoms with Crippen LogP contribution in [-0.4, -0.2) is 9.85 Å². The van der Waals surface area contributed by atoms with Crippen molar-refractivity contribution in [3.63, 3.8) is 0 Å². The van der Waals surface area contributed by atoms with Crippen LogP contribution in [0, 0.1) is 0 Å². The van der Waals surface area contributed by atoms with Crippen LogP contribution in [0.15, 0.2) is 22.8 Å². The number of pyridine rings is 1. The number of rotatable bonds is 2. The highest BCUT2D eigenvalue weighted by atomic mass is 79.9. The van der Waals surface area contributed by atoms with Crippen molar-refractivity contribution >= 4 is 33.0 Å². The standard InChI is InChI=1S/C8H8BrNS/c1-2-8(11)7-4-3-6(9)5-10-7/h3-5H,2H2,1H3. The molecular weight excluding hydrogens is 222 g/mol. The molecule has 0 saturated heterocycles. The molecule has 0 spiro atoms. The van der Waals surface area contributed by atoms with Gasteiger partial charge in [0.05, 0.1) is 5.69 Å². The average Bonchev–Trinajstić information content (AvgIpc) is 2.05. The Bertz CT molecular complexity index is 255. The van der Waals surface area contributed by atoms with Crippen LogP contribution in [0.25, 0.3) is 0 Å². The lowest BCUT2D eigenvalue weighted by Gasteiger charge is -1.97. The third-order valence-electron chi connectivity index (χ3n) is 1.33. The lowest BCUT2D eigenvalue weighted by atomic mass is 10.2. The van der Waals surface area contributed by atoms with Crippen LogP contribution in [0.4, 0.5) is 0 Å². The summed E-state index contributed by atoms with van der Waals surface area (Å²) < 4.78 is 0.986. The Kier molecular flexibility index (Phi) is 3.15. The molecule has 1 aromatic heterocycles. The van der Waals surface area contributed by atoms with Crippen molar-refractivity contribution in [3.05, 3.63) is 28.5 Å². The van der Waals surface area contributed by atoms with Crippen LogP contribution in [0.2, 0.25) is 0 Å². The van der Waals surface area contributed by atoms with Gasteiger partial charge in [-0.25, -0.2) is 0 Å². The molecule has 1 heterocycles. The molecule has 0 bridgehead atoms. The summed E-state index contributed by atoms with van der Waals surface area (Å²) in [5, 5.41) is 0. The fourth-order valence-electron chi connectivity index (χ4n) is 0.722. The van der Waals surface area contributed by atoms with Crippen molar-refractivity contribution in [1.82, 2.24) is 4.98 Å². The molecule has 3 heteroatoms. The van der Waals surface area contributed by atoms with E-state index in [4.69, 9.17) is 12.2 Å². The summed E-state index contributed by atoms with van der Waals surface area (Å²) in [6.45, 7) is 2.03. The Labute approximate surface area is 80.0 Å². The normalized spacial score (nSPS) is 9.64. The smallest absolute Gasteiger partial charge is 0.0769 e. The van der Waals surface area contributed by atoms with E-state index in [0.717, 1.165) is 21.5 Å². The van der Waals surface area contributed by atoms with E-state index < -0.39 is 0 Å². The fourth-order valence-corrected chi connectivity index (χ4v) is 1.08. The summed E-state index contributed by atoms with van der Waals surface area (Å²) in [6.07, 6.45) is 2.64. The first-order valence-electron chi connectivity index (χ1n) is 3.38. The van der Waals surface area contributed by atoms with Gasteiger partial charge in [0.2, 0.25) is 0 Å². The van der Waals surface area contributed by atoms with Gasteiger partial charge in [0.25, 0.3) is 0 Å². The summed E-state index contributed by atoms with van der Waals surface area (Å²) in [6, 6.07) is 3.88. The number of halogens is 1. The molecule has 1 aromatic rings. The SMILES string of the molecule is CCC(=S)c1ccc(Br)cn1. The quantitative estimate of drug-likeness (QED) is 0.572. The molecule has 58 valence electrons. The van der Waals surface area contributed by atoms with Crippen molar-refractivity contribution in [3.8, 4) is 0 Å². The van der Waals surface area contributed by atoms with Gasteiger partial charge in [-0.3, -0.25) is 4.98 Å². The Morgan fingerprint density at radius 1 is 1.64 bits per heavy atom. The Morgan fingerprint density at radius 2 is 2.36 bits per heavy atom. The summed E-state index contributed by atoms with van der Waals surface area (Å²) in [4.78, 5) is 5.08. The third-order valence-corrected chi connectivity index (χ3v) is 2.30. The monoisotopic (exact) mass is 229 g/mol. The Morgan fingerprint density at radius 3 is 2.82 bits per heavy atom. The average molecular weight is 230 g/mol. The first kappa shape index (κ1) is 8.81. The molecule has 0 aliphatic carbocycles. The first-order valence-corrected chi connectivity index (χ1v) is 4.59. The van der Waals surface area contributed by atoms with Crippen LogP contribution in [0.1, 0.15) is 19.0 Å². The number of thiocarbonyl (C=S) groups is 1. The van der Waals surface area contributed by atoms with Crippen molar-refractivity contribution in [1.29, 1.82) is 0 Å². The molecule has 0 aliphatic rings. The van der Waals surface area contributed by atoms with Crippen molar-refractivity contribution in [2.24, 2.45) is 0 Å². The molecule has 0 fully saturated rings. The molecule has 0 saturated carbocycles. The highest BCUT2D eigenvalue weighted by Crippen LogP contribution is 2.08. The van der Waals surface area contributed by atoms with Gasteiger partial charge in [0, 0.05) is 15.5 Å². The minimum Gasteiger partial charge on any atom is -0.255 e. The molecule has 0 amide bonds. The molecule has 1 rings (SSSR count). The van der Waals surface area contributed by atoms with Gasteiger partial charge in [-0.2, -0.15) is 0 Å². The molecule has 0 aromatic carbocycles. The molecule has 11 heavy (non-hydrogen) atoms. The van der Waals surface area contributed by atoms with E-state index >= 15 is 0 Å². The second-order valence-corrected chi connectivity index (χ2v) is 3.55. The van der Waals surface area contributed by atoms with Crippen molar-refractivity contribution in [2.45, 2.75) is 13.3 Å². The van der Waals surface area contributed by atoms with E-state index in [9.17, 15) is 0 Å². The van der Waals surface area contributed by atoms with Gasteiger partial charge >= 0.3 is 0 Å². The topological polar surface area (TPSA) is 12.9 Å². The van der Waals surface area contributed by atoms with Gasteiger partial charge in [0.15, 0.2) is 0 Å². The van der Waals surface area contributed by atoms with Gasteiger partial charge in [-0.15, -0.1) is 0 Å². The summed E-state index contributed by atoms with van der Waals surface area (Å²) >= 11 is 8.40. The van der Waals surface area contributed by atoms with E-state index in [1.165, 1.54) is 0 Å². The zero-order chi connectivity index (χ0) is 8.27. The molecule has 0 radical (unpaired) electrons. The van der Waals surface area contributed by atoms with Crippen LogP contribution in [0.3, 0.4) is 0 Å². The van der Waals surface area contributed by atoms with E-state index in [0.29, 0.717) is 0 Å². The Hall–Kier alpha value is -0.280. The highest BCUT2D eigenvalue weighted by molar-refractivity contribution is 9.10. The molecule has 0 atom stereocenters. The van der Waals surface area contributed by atoms with E-state index in [2.05, 4.69) is 20.9 Å². The number of aromatic nitrogens is 1. The predicted octanol–water partition coefficient (Wildman–Crippen LogP) is 2.97. The molecule has 0 N–H and O–H groups in total. The van der Waals surface area contributed by atoms with E-state index in [1.807, 2.05) is 19.1 Å². The number of hydrogen-bond acceptors (Lipinski definition) is 2. The molecular formula is C8H8BrNS. The zero-order valence-electron chi connectivity index (χ0n) is 6.17. The Balaban J connectivity index is 2.90. The van der Waals surface area contributed by atoms with E-state index in [1.54, 1.807) is 6.20 Å². The lowest BCUT2D eigenvalue weighted by molar-refractivity contribution is 1.23. The minimum atomic E-state index is 0.879. The second-order valence-electron chi connectivity index (χ2n) is 2.14. The van der Waals surface area contributed by atoms with Crippen LogP contribution < -0.4 is 0 Å². The highest BCUT2D eigenvalue weighted by Gasteiger charge is 1.98. The first-order chi connectivity index (χ1) is 5.24. The molecule has 1 nitrogen and oxygen atoms in total. The van der Waals surface area contributed by atoms with Crippen molar-refractivity contribution < 1.29 is 0 Å². The number of hydrogen-bond donors (Lipinski definition) is 0. The van der Waals surface area contributed by atoms with Gasteiger partial charge in [-0.05, 0) is 34.5 Å². The summed E-state index contributed by atoms with van der Waals surface area (Å²) in [5.41, 5.74) is 0.908. The predicted molar refractivity (Wildman–Crippen MR) is 53.9 cm³/mol. The van der Waals surface area contributed by atoms with Gasteiger partial charge < -0.3 is 0 Å². The lowest BCUT2D eigenvalue weighted by Crippen LogP contribution is -1.97. The zero-order valence-corrected chi connectivity index (χ0v) is 8.58. The van der Waals surface area contributed by atoms with Crippen LogP contribution in [-0.2, 0) is 0 Å². The van der Waals surface area contributed by atoms with Gasteiger partial charge in [0.1, 0.15) is 0 Å². The third kappa shape index (κ3) is 2.34. The molecule has 0 aliphatic heterocycles. The van der Waals surface area contributed by atoms with Crippen LogP contribution in [0.5, 0.6) is 0 Å². The maximum atomic E-state index is 5.09. The van der Waals surface area contributed by atoms with Gasteiger partial charge in [-0.1, -0.05) is 19.1 Å². The van der Waals surface area contributed by atoms with E-state index in [-0.39, 0.29) is 0 Å². The summed E-state index contributed by atoms with van der Waals surface area (Å²) in [7, 11) is 0. The minimum absolute atomic E-state index is 0.879. The maximum Gasteiger partial charge on any atom is 0.0769 e. The fraction of sp³-hybridized carbons (Fsp3) is 0.250. The number of nitrogens with zero attached hydrogens (tertiary/aromatic N) is 1. The second kappa shape index (κ2) is 3.93. The summed E-state index contributed by atoms with van der Waals surface area (Å²) in [5.74, 6) is 0. The van der Waals surface area contributed by atoms with Crippen molar-refractivity contribution in [2.75, 3.05) is 0 Å².